The van der Waals surface area contributed by atoms with Crippen LogP contribution in [0.4, 0.5) is 17.1 Å². The lowest BCUT2D eigenvalue weighted by Crippen LogP contribution is -2.76. The van der Waals surface area contributed by atoms with E-state index in [4.69, 9.17) is 9.15 Å². The Balaban J connectivity index is 1.24. The lowest BCUT2D eigenvalue weighted by atomic mass is 10.0. The van der Waals surface area contributed by atoms with Crippen LogP contribution in [0.3, 0.4) is 0 Å². The van der Waals surface area contributed by atoms with Crippen LogP contribution in [0.15, 0.2) is 205 Å². The summed E-state index contributed by atoms with van der Waals surface area (Å²) in [5, 5.41) is 7.29. The molecule has 2 heterocycles. The van der Waals surface area contributed by atoms with E-state index in [2.05, 4.69) is 193 Å². The van der Waals surface area contributed by atoms with Gasteiger partial charge in [0, 0.05) is 22.1 Å². The molecule has 10 rings (SSSR count). The third-order valence-electron chi connectivity index (χ3n) is 10.4. The molecule has 1 aromatic heterocycles. The van der Waals surface area contributed by atoms with Crippen LogP contribution in [0.1, 0.15) is 0 Å². The highest BCUT2D eigenvalue weighted by Gasteiger charge is 2.48. The Hall–Kier alpha value is -6.62. The number of para-hydroxylation sites is 4. The molecule has 0 amide bonds. The minimum atomic E-state index is -2.86. The molecular weight excluding hydrogens is 651 g/mol. The van der Waals surface area contributed by atoms with E-state index >= 15 is 0 Å². The van der Waals surface area contributed by atoms with Crippen LogP contribution in [-0.4, -0.2) is 8.07 Å². The quantitative estimate of drug-likeness (QED) is 0.163. The molecule has 52 heavy (non-hydrogen) atoms. The van der Waals surface area contributed by atoms with Crippen LogP contribution in [0.5, 0.6) is 11.5 Å². The normalized spacial score (nSPS) is 12.9. The Morgan fingerprint density at radius 1 is 0.404 bits per heavy atom. The molecule has 0 fully saturated rings. The van der Waals surface area contributed by atoms with E-state index in [1.54, 1.807) is 0 Å². The molecule has 0 unspecified atom stereocenters. The van der Waals surface area contributed by atoms with E-state index in [9.17, 15) is 0 Å². The van der Waals surface area contributed by atoms with Crippen molar-refractivity contribution < 1.29 is 9.15 Å². The minimum absolute atomic E-state index is 0.859. The number of hydrogen-bond donors (Lipinski definition) is 0. The summed E-state index contributed by atoms with van der Waals surface area (Å²) in [6, 6.07) is 71.6. The van der Waals surface area contributed by atoms with Crippen LogP contribution < -0.4 is 30.4 Å². The Bertz CT molecular complexity index is 2670. The summed E-state index contributed by atoms with van der Waals surface area (Å²) >= 11 is 0. The highest BCUT2D eigenvalue weighted by atomic mass is 28.3. The van der Waals surface area contributed by atoms with Crippen molar-refractivity contribution >= 4 is 67.8 Å². The van der Waals surface area contributed by atoms with Crippen LogP contribution in [0.2, 0.25) is 0 Å². The number of fused-ring (bicyclic) bond motifs is 5. The van der Waals surface area contributed by atoms with E-state index in [1.165, 1.54) is 31.9 Å². The minimum Gasteiger partial charge on any atom is -0.458 e. The standard InChI is InChI=1S/C48H33NO2Si/c1-3-15-34(16-4-1)35-29-31-36(32-30-35)49(42-23-14-22-41-40-21-7-8-24-43(40)51-48(41)42)37-17-13-20-39(33-37)52(38-18-5-2-6-19-38)46-27-11-9-25-44(46)50-45-26-10-12-28-47(45)52/h1-33H. The first-order chi connectivity index (χ1) is 25.8. The first kappa shape index (κ1) is 30.2. The molecule has 0 bridgehead atoms. The van der Waals surface area contributed by atoms with Crippen molar-refractivity contribution in [3.05, 3.63) is 200 Å². The SMILES string of the molecule is c1ccc(-c2ccc(N(c3cccc([Si]4(c5ccccc5)c5ccccc5Oc5ccccc54)c3)c3cccc4c3oc3ccccc34)cc2)cc1. The van der Waals surface area contributed by atoms with Gasteiger partial charge in [0.1, 0.15) is 17.1 Å². The lowest BCUT2D eigenvalue weighted by molar-refractivity contribution is 0.487. The monoisotopic (exact) mass is 683 g/mol. The van der Waals surface area contributed by atoms with Crippen molar-refractivity contribution in [2.45, 2.75) is 0 Å². The van der Waals surface area contributed by atoms with E-state index in [1.807, 2.05) is 12.1 Å². The van der Waals surface area contributed by atoms with E-state index < -0.39 is 8.07 Å². The summed E-state index contributed by atoms with van der Waals surface area (Å²) in [4.78, 5) is 2.35. The zero-order valence-corrected chi connectivity index (χ0v) is 29.3. The van der Waals surface area contributed by atoms with Gasteiger partial charge in [-0.1, -0.05) is 152 Å². The Kier molecular flexibility index (Phi) is 7.15. The molecule has 1 aliphatic heterocycles. The molecule has 0 aliphatic carbocycles. The molecule has 0 N–H and O–H groups in total. The summed E-state index contributed by atoms with van der Waals surface area (Å²) in [5.41, 5.74) is 7.19. The first-order valence-corrected chi connectivity index (χ1v) is 19.7. The average Bonchev–Trinajstić information content (AvgIpc) is 3.61. The van der Waals surface area contributed by atoms with Gasteiger partial charge < -0.3 is 14.1 Å². The summed E-state index contributed by atoms with van der Waals surface area (Å²) in [6.45, 7) is 0. The number of rotatable bonds is 6. The fraction of sp³-hybridized carbons (Fsp3) is 0. The van der Waals surface area contributed by atoms with Gasteiger partial charge in [0.15, 0.2) is 13.7 Å². The molecule has 9 aromatic rings. The second-order valence-electron chi connectivity index (χ2n) is 13.3. The number of hydrogen-bond acceptors (Lipinski definition) is 3. The Labute approximate surface area is 303 Å². The van der Waals surface area contributed by atoms with Gasteiger partial charge in [-0.15, -0.1) is 0 Å². The van der Waals surface area contributed by atoms with Crippen molar-refractivity contribution in [1.29, 1.82) is 0 Å². The highest BCUT2D eigenvalue weighted by Crippen LogP contribution is 2.42. The predicted octanol–water partition coefficient (Wildman–Crippen LogP) is 10.2. The van der Waals surface area contributed by atoms with Gasteiger partial charge in [0.25, 0.3) is 0 Å². The topological polar surface area (TPSA) is 25.6 Å². The number of ether oxygens (including phenoxy) is 1. The average molecular weight is 684 g/mol. The van der Waals surface area contributed by atoms with Gasteiger partial charge in [-0.2, -0.15) is 0 Å². The molecule has 4 heteroatoms. The fourth-order valence-corrected chi connectivity index (χ4v) is 13.1. The summed E-state index contributed by atoms with van der Waals surface area (Å²) in [6.07, 6.45) is 0. The Morgan fingerprint density at radius 3 is 1.73 bits per heavy atom. The lowest BCUT2D eigenvalue weighted by Gasteiger charge is -2.40. The van der Waals surface area contributed by atoms with Crippen LogP contribution in [-0.2, 0) is 0 Å². The van der Waals surface area contributed by atoms with E-state index in [-0.39, 0.29) is 0 Å². The third kappa shape index (κ3) is 4.73. The maximum atomic E-state index is 6.68. The zero-order chi connectivity index (χ0) is 34.5. The second-order valence-corrected chi connectivity index (χ2v) is 17.0. The molecular formula is C48H33NO2Si. The predicted molar refractivity (Wildman–Crippen MR) is 218 cm³/mol. The fourth-order valence-electron chi connectivity index (χ4n) is 8.12. The number of anilines is 3. The molecule has 0 radical (unpaired) electrons. The van der Waals surface area contributed by atoms with Gasteiger partial charge in [0.2, 0.25) is 0 Å². The largest absolute Gasteiger partial charge is 0.458 e. The van der Waals surface area contributed by atoms with Crippen LogP contribution in [0, 0.1) is 0 Å². The molecule has 3 nitrogen and oxygen atoms in total. The zero-order valence-electron chi connectivity index (χ0n) is 28.3. The molecule has 1 aliphatic rings. The van der Waals surface area contributed by atoms with Gasteiger partial charge >= 0.3 is 0 Å². The molecule has 0 saturated heterocycles. The van der Waals surface area contributed by atoms with Gasteiger partial charge in [-0.25, -0.2) is 0 Å². The first-order valence-electron chi connectivity index (χ1n) is 17.7. The van der Waals surface area contributed by atoms with Gasteiger partial charge in [-0.3, -0.25) is 0 Å². The van der Waals surface area contributed by atoms with E-state index in [0.29, 0.717) is 0 Å². The van der Waals surface area contributed by atoms with Gasteiger partial charge in [0.05, 0.1) is 5.69 Å². The Morgan fingerprint density at radius 2 is 0.981 bits per heavy atom. The molecule has 246 valence electrons. The summed E-state index contributed by atoms with van der Waals surface area (Å²) in [5.74, 6) is 1.84. The van der Waals surface area contributed by atoms with E-state index in [0.717, 1.165) is 50.5 Å². The number of benzene rings is 8. The van der Waals surface area contributed by atoms with Gasteiger partial charge in [-0.05, 0) is 80.4 Å². The maximum absolute atomic E-state index is 6.68. The van der Waals surface area contributed by atoms with Crippen molar-refractivity contribution in [2.75, 3.05) is 4.90 Å². The van der Waals surface area contributed by atoms with Crippen molar-refractivity contribution in [3.8, 4) is 22.6 Å². The summed E-state index contributed by atoms with van der Waals surface area (Å²) in [7, 11) is -2.86. The van der Waals surface area contributed by atoms with Crippen molar-refractivity contribution in [3.63, 3.8) is 0 Å². The maximum Gasteiger partial charge on any atom is 0.188 e. The van der Waals surface area contributed by atoms with Crippen molar-refractivity contribution in [1.82, 2.24) is 0 Å². The smallest absolute Gasteiger partial charge is 0.188 e. The summed E-state index contributed by atoms with van der Waals surface area (Å²) < 4.78 is 13.3. The van der Waals surface area contributed by atoms with Crippen LogP contribution >= 0.6 is 0 Å². The molecule has 8 aromatic carbocycles. The third-order valence-corrected chi connectivity index (χ3v) is 15.2. The number of furan rings is 1. The number of nitrogens with zero attached hydrogens (tertiary/aromatic N) is 1. The van der Waals surface area contributed by atoms with Crippen molar-refractivity contribution in [2.24, 2.45) is 0 Å². The molecule has 0 saturated carbocycles. The molecule has 0 spiro atoms. The second kappa shape index (κ2) is 12.3. The molecule has 0 atom stereocenters. The highest BCUT2D eigenvalue weighted by molar-refractivity contribution is 7.20. The van der Waals surface area contributed by atoms with Crippen LogP contribution in [0.25, 0.3) is 33.1 Å².